The van der Waals surface area contributed by atoms with Crippen molar-refractivity contribution in [2.75, 3.05) is 27.2 Å². The fourth-order valence-electron chi connectivity index (χ4n) is 3.10. The van der Waals surface area contributed by atoms with E-state index in [-0.39, 0.29) is 24.6 Å². The Bertz CT molecular complexity index is 1050. The van der Waals surface area contributed by atoms with Crippen LogP contribution in [0.3, 0.4) is 0 Å². The first-order valence-corrected chi connectivity index (χ1v) is 10.4. The van der Waals surface area contributed by atoms with Gasteiger partial charge in [0.15, 0.2) is 0 Å². The molecular formula is C25H31FN2O4. The molecule has 2 amide bonds. The van der Waals surface area contributed by atoms with E-state index in [0.29, 0.717) is 16.5 Å². The Kier molecular flexibility index (Phi) is 7.73. The van der Waals surface area contributed by atoms with E-state index in [1.165, 1.54) is 15.9 Å². The molecule has 0 spiro atoms. The number of hydrogen-bond acceptors (Lipinski definition) is 4. The number of carbonyl (C=O) groups is 2. The van der Waals surface area contributed by atoms with Gasteiger partial charge in [-0.15, -0.1) is 6.42 Å². The maximum atomic E-state index is 14.2. The van der Waals surface area contributed by atoms with Crippen molar-refractivity contribution in [2.24, 2.45) is 0 Å². The summed E-state index contributed by atoms with van der Waals surface area (Å²) in [5.74, 6) is 2.34. The highest BCUT2D eigenvalue weighted by Crippen LogP contribution is 2.34. The highest BCUT2D eigenvalue weighted by molar-refractivity contribution is 5.93. The van der Waals surface area contributed by atoms with Gasteiger partial charge in [-0.2, -0.15) is 0 Å². The molecule has 2 aromatic carbocycles. The minimum absolute atomic E-state index is 0.0326. The summed E-state index contributed by atoms with van der Waals surface area (Å²) in [6, 6.07) is 6.31. The molecule has 0 fully saturated rings. The van der Waals surface area contributed by atoms with Crippen LogP contribution in [0.4, 0.5) is 14.0 Å². The second-order valence-electron chi connectivity index (χ2n) is 9.02. The van der Waals surface area contributed by atoms with Gasteiger partial charge in [-0.25, -0.2) is 14.0 Å². The zero-order chi connectivity index (χ0) is 24.2. The molecular weight excluding hydrogens is 411 g/mol. The maximum absolute atomic E-state index is 14.2. The Balaban J connectivity index is 2.16. The number of carbonyl (C=O) groups excluding carboxylic acids is 2. The number of amides is 2. The molecule has 0 aliphatic rings. The van der Waals surface area contributed by atoms with Crippen LogP contribution in [0.25, 0.3) is 10.8 Å². The van der Waals surface area contributed by atoms with Gasteiger partial charge in [0.2, 0.25) is 0 Å². The molecule has 0 heterocycles. The molecule has 0 unspecified atom stereocenters. The molecule has 6 nitrogen and oxygen atoms in total. The third-order valence-electron chi connectivity index (χ3n) is 4.83. The van der Waals surface area contributed by atoms with Crippen LogP contribution in [0.15, 0.2) is 24.3 Å². The summed E-state index contributed by atoms with van der Waals surface area (Å²) in [7, 11) is 3.19. The first kappa shape index (κ1) is 25.0. The van der Waals surface area contributed by atoms with Gasteiger partial charge in [-0.05, 0) is 55.8 Å². The van der Waals surface area contributed by atoms with E-state index < -0.39 is 23.6 Å². The number of hydrogen-bond donors (Lipinski definition) is 0. The van der Waals surface area contributed by atoms with Gasteiger partial charge < -0.3 is 19.3 Å². The Morgan fingerprint density at radius 1 is 1.09 bits per heavy atom. The Morgan fingerprint density at radius 3 is 2.22 bits per heavy atom. The second-order valence-corrected chi connectivity index (χ2v) is 9.02. The number of ether oxygens (including phenoxy) is 2. The standard InChI is InChI=1S/C25H31FN2O4/c1-9-19-21(26)11-10-17-14-18(15-20(16(2)3)22(17)19)31-23(29)27(7)12-13-28(8)24(30)32-25(4,5)6/h1,10-11,14-16H,12-13H2,2-8H3. The Hall–Kier alpha value is -3.27. The van der Waals surface area contributed by atoms with Crippen LogP contribution < -0.4 is 4.74 Å². The molecule has 0 atom stereocenters. The van der Waals surface area contributed by atoms with E-state index >= 15 is 0 Å². The van der Waals surface area contributed by atoms with Gasteiger partial charge in [-0.1, -0.05) is 25.8 Å². The van der Waals surface area contributed by atoms with Gasteiger partial charge in [0.25, 0.3) is 0 Å². The number of terminal acetylenes is 1. The monoisotopic (exact) mass is 442 g/mol. The fourth-order valence-corrected chi connectivity index (χ4v) is 3.10. The van der Waals surface area contributed by atoms with Crippen molar-refractivity contribution >= 4 is 23.0 Å². The van der Waals surface area contributed by atoms with Gasteiger partial charge in [0, 0.05) is 32.6 Å². The van der Waals surface area contributed by atoms with E-state index in [9.17, 15) is 14.0 Å². The smallest absolute Gasteiger partial charge is 0.415 e. The van der Waals surface area contributed by atoms with E-state index in [1.807, 2.05) is 13.8 Å². The second kappa shape index (κ2) is 9.90. The first-order chi connectivity index (χ1) is 14.8. The normalized spacial score (nSPS) is 11.2. The lowest BCUT2D eigenvalue weighted by molar-refractivity contribution is 0.0287. The molecule has 172 valence electrons. The van der Waals surface area contributed by atoms with Gasteiger partial charge >= 0.3 is 12.2 Å². The van der Waals surface area contributed by atoms with Crippen molar-refractivity contribution < 1.29 is 23.5 Å². The van der Waals surface area contributed by atoms with Crippen molar-refractivity contribution in [2.45, 2.75) is 46.1 Å². The highest BCUT2D eigenvalue weighted by Gasteiger charge is 2.21. The summed E-state index contributed by atoms with van der Waals surface area (Å²) < 4.78 is 25.1. The summed E-state index contributed by atoms with van der Waals surface area (Å²) in [4.78, 5) is 27.4. The molecule has 0 saturated carbocycles. The average Bonchev–Trinajstić information content (AvgIpc) is 2.69. The average molecular weight is 443 g/mol. The number of benzene rings is 2. The lowest BCUT2D eigenvalue weighted by atomic mass is 9.92. The number of rotatable bonds is 5. The van der Waals surface area contributed by atoms with Crippen LogP contribution in [0, 0.1) is 18.2 Å². The molecule has 0 aromatic heterocycles. The minimum Gasteiger partial charge on any atom is -0.444 e. The van der Waals surface area contributed by atoms with Crippen molar-refractivity contribution in [1.82, 2.24) is 9.80 Å². The molecule has 0 bridgehead atoms. The molecule has 0 aliphatic carbocycles. The lowest BCUT2D eigenvalue weighted by Crippen LogP contribution is -2.40. The van der Waals surface area contributed by atoms with Crippen molar-refractivity contribution in [3.8, 4) is 18.1 Å². The maximum Gasteiger partial charge on any atom is 0.415 e. The van der Waals surface area contributed by atoms with Gasteiger partial charge in [-0.3, -0.25) is 0 Å². The summed E-state index contributed by atoms with van der Waals surface area (Å²) in [6.07, 6.45) is 4.50. The van der Waals surface area contributed by atoms with Crippen LogP contribution in [-0.2, 0) is 4.74 Å². The molecule has 0 saturated heterocycles. The molecule has 0 N–H and O–H groups in total. The summed E-state index contributed by atoms with van der Waals surface area (Å²) in [6.45, 7) is 9.83. The summed E-state index contributed by atoms with van der Waals surface area (Å²) >= 11 is 0. The quantitative estimate of drug-likeness (QED) is 0.583. The van der Waals surface area contributed by atoms with Crippen molar-refractivity contribution in [3.05, 3.63) is 41.2 Å². The predicted octanol–water partition coefficient (Wildman–Crippen LogP) is 5.38. The molecule has 2 aromatic rings. The molecule has 32 heavy (non-hydrogen) atoms. The van der Waals surface area contributed by atoms with Gasteiger partial charge in [0.1, 0.15) is 17.2 Å². The summed E-state index contributed by atoms with van der Waals surface area (Å²) in [5.41, 5.74) is 0.402. The number of halogens is 1. The van der Waals surface area contributed by atoms with E-state index in [0.717, 1.165) is 5.56 Å². The first-order valence-electron chi connectivity index (χ1n) is 10.4. The van der Waals surface area contributed by atoms with Crippen molar-refractivity contribution in [3.63, 3.8) is 0 Å². The lowest BCUT2D eigenvalue weighted by Gasteiger charge is -2.26. The van der Waals surface area contributed by atoms with E-state index in [4.69, 9.17) is 15.9 Å². The SMILES string of the molecule is C#Cc1c(F)ccc2cc(OC(=O)N(C)CCN(C)C(=O)OC(C)(C)C)cc(C(C)C)c12. The van der Waals surface area contributed by atoms with Crippen LogP contribution in [0.2, 0.25) is 0 Å². The fraction of sp³-hybridized carbons (Fsp3) is 0.440. The third-order valence-corrected chi connectivity index (χ3v) is 4.83. The third kappa shape index (κ3) is 6.13. The summed E-state index contributed by atoms with van der Waals surface area (Å²) in [5, 5.41) is 1.34. The zero-order valence-electron chi connectivity index (χ0n) is 19.8. The topological polar surface area (TPSA) is 59.1 Å². The molecule has 7 heteroatoms. The van der Waals surface area contributed by atoms with E-state index in [2.05, 4.69) is 5.92 Å². The number of likely N-dealkylation sites (N-methyl/N-ethyl adjacent to an activating group) is 2. The molecule has 0 aliphatic heterocycles. The molecule has 2 rings (SSSR count). The van der Waals surface area contributed by atoms with Crippen LogP contribution >= 0.6 is 0 Å². The van der Waals surface area contributed by atoms with Crippen molar-refractivity contribution in [1.29, 1.82) is 0 Å². The Morgan fingerprint density at radius 2 is 1.69 bits per heavy atom. The highest BCUT2D eigenvalue weighted by atomic mass is 19.1. The Labute approximate surface area is 189 Å². The van der Waals surface area contributed by atoms with Crippen LogP contribution in [0.5, 0.6) is 5.75 Å². The van der Waals surface area contributed by atoms with E-state index in [1.54, 1.807) is 53.1 Å². The molecule has 0 radical (unpaired) electrons. The van der Waals surface area contributed by atoms with Crippen LogP contribution in [-0.4, -0.2) is 54.8 Å². The number of nitrogens with zero attached hydrogens (tertiary/aromatic N) is 2. The number of fused-ring (bicyclic) bond motifs is 1. The van der Waals surface area contributed by atoms with Gasteiger partial charge in [0.05, 0.1) is 5.56 Å². The largest absolute Gasteiger partial charge is 0.444 e. The minimum atomic E-state index is -0.595. The van der Waals surface area contributed by atoms with Crippen LogP contribution in [0.1, 0.15) is 51.7 Å². The predicted molar refractivity (Wildman–Crippen MR) is 123 cm³/mol. The zero-order valence-corrected chi connectivity index (χ0v) is 19.8.